The molecule has 0 saturated carbocycles. The lowest BCUT2D eigenvalue weighted by Crippen LogP contribution is -1.98. The number of hydrogen-bond donors (Lipinski definition) is 1. The number of hydrogen-bond acceptors (Lipinski definition) is 4. The topological polar surface area (TPSA) is 77.2 Å². The van der Waals surface area contributed by atoms with Gasteiger partial charge in [0.2, 0.25) is 0 Å². The Morgan fingerprint density at radius 3 is 2.72 bits per heavy atom. The number of ether oxygens (including phenoxy) is 1. The van der Waals surface area contributed by atoms with Crippen LogP contribution in [0.3, 0.4) is 0 Å². The number of benzene rings is 1. The third-order valence-electron chi connectivity index (χ3n) is 2.37. The summed E-state index contributed by atoms with van der Waals surface area (Å²) in [5, 5.41) is 16.7. The highest BCUT2D eigenvalue weighted by Gasteiger charge is 2.05. The molecular formula is C12H13N3O3. The third kappa shape index (κ3) is 2.72. The molecule has 0 spiro atoms. The highest BCUT2D eigenvalue weighted by Crippen LogP contribution is 2.09. The lowest BCUT2D eigenvalue weighted by Gasteiger charge is -2.00. The molecule has 1 heterocycles. The van der Waals surface area contributed by atoms with Gasteiger partial charge in [0.05, 0.1) is 24.1 Å². The Labute approximate surface area is 104 Å². The SMILES string of the molecule is CCOCc1cn(-c2ccc(C(=O)O)cc2)nn1. The molecule has 0 fully saturated rings. The Morgan fingerprint density at radius 2 is 2.11 bits per heavy atom. The van der Waals surface area contributed by atoms with E-state index < -0.39 is 5.97 Å². The van der Waals surface area contributed by atoms with Crippen LogP contribution in [0.4, 0.5) is 0 Å². The summed E-state index contributed by atoms with van der Waals surface area (Å²) in [6.45, 7) is 2.96. The smallest absolute Gasteiger partial charge is 0.335 e. The molecule has 1 aromatic heterocycles. The van der Waals surface area contributed by atoms with Gasteiger partial charge in [0.15, 0.2) is 0 Å². The van der Waals surface area contributed by atoms with Crippen molar-refractivity contribution in [1.82, 2.24) is 15.0 Å². The molecule has 1 aromatic carbocycles. The van der Waals surface area contributed by atoms with Gasteiger partial charge >= 0.3 is 5.97 Å². The molecule has 2 aromatic rings. The van der Waals surface area contributed by atoms with Gasteiger partial charge in [-0.3, -0.25) is 0 Å². The monoisotopic (exact) mass is 247 g/mol. The number of nitrogens with zero attached hydrogens (tertiary/aromatic N) is 3. The Bertz CT molecular complexity index is 534. The summed E-state index contributed by atoms with van der Waals surface area (Å²) in [6, 6.07) is 6.42. The predicted molar refractivity (Wildman–Crippen MR) is 63.6 cm³/mol. The average molecular weight is 247 g/mol. The third-order valence-corrected chi connectivity index (χ3v) is 2.37. The van der Waals surface area contributed by atoms with E-state index in [0.717, 1.165) is 11.4 Å². The molecule has 0 atom stereocenters. The van der Waals surface area contributed by atoms with E-state index in [2.05, 4.69) is 10.3 Å². The van der Waals surface area contributed by atoms with Gasteiger partial charge in [0.1, 0.15) is 5.69 Å². The van der Waals surface area contributed by atoms with Gasteiger partial charge in [-0.2, -0.15) is 0 Å². The average Bonchev–Trinajstić information content (AvgIpc) is 2.85. The number of rotatable bonds is 5. The second-order valence-corrected chi connectivity index (χ2v) is 3.64. The van der Waals surface area contributed by atoms with Crippen LogP contribution < -0.4 is 0 Å². The van der Waals surface area contributed by atoms with Crippen molar-refractivity contribution in [2.24, 2.45) is 0 Å². The molecule has 0 aliphatic rings. The first kappa shape index (κ1) is 12.3. The molecule has 0 unspecified atom stereocenters. The van der Waals surface area contributed by atoms with Gasteiger partial charge in [-0.15, -0.1) is 5.10 Å². The van der Waals surface area contributed by atoms with Crippen molar-refractivity contribution in [3.05, 3.63) is 41.7 Å². The van der Waals surface area contributed by atoms with Crippen LogP contribution in [0.5, 0.6) is 0 Å². The van der Waals surface area contributed by atoms with Gasteiger partial charge in [-0.1, -0.05) is 5.21 Å². The number of carboxylic acids is 1. The van der Waals surface area contributed by atoms with Crippen molar-refractivity contribution in [2.75, 3.05) is 6.61 Å². The van der Waals surface area contributed by atoms with E-state index in [1.807, 2.05) is 6.92 Å². The summed E-state index contributed by atoms with van der Waals surface area (Å²) < 4.78 is 6.81. The molecular weight excluding hydrogens is 234 g/mol. The van der Waals surface area contributed by atoms with Crippen LogP contribution in [0.25, 0.3) is 5.69 Å². The molecule has 18 heavy (non-hydrogen) atoms. The fourth-order valence-corrected chi connectivity index (χ4v) is 1.45. The molecule has 0 amide bonds. The fourth-order valence-electron chi connectivity index (χ4n) is 1.45. The number of carbonyl (C=O) groups is 1. The molecule has 94 valence electrons. The van der Waals surface area contributed by atoms with Crippen molar-refractivity contribution in [3.63, 3.8) is 0 Å². The largest absolute Gasteiger partial charge is 0.478 e. The van der Waals surface area contributed by atoms with Crippen LogP contribution in [0.2, 0.25) is 0 Å². The van der Waals surface area contributed by atoms with Crippen LogP contribution in [0, 0.1) is 0 Å². The van der Waals surface area contributed by atoms with E-state index >= 15 is 0 Å². The Balaban J connectivity index is 2.15. The van der Waals surface area contributed by atoms with E-state index in [-0.39, 0.29) is 5.56 Å². The maximum absolute atomic E-state index is 10.7. The maximum Gasteiger partial charge on any atom is 0.335 e. The van der Waals surface area contributed by atoms with Crippen molar-refractivity contribution in [3.8, 4) is 5.69 Å². The summed E-state index contributed by atoms with van der Waals surface area (Å²) in [6.07, 6.45) is 1.76. The number of aromatic nitrogens is 3. The maximum atomic E-state index is 10.7. The summed E-state index contributed by atoms with van der Waals surface area (Å²) in [4.78, 5) is 10.7. The standard InChI is InChI=1S/C12H13N3O3/c1-2-18-8-10-7-15(14-13-10)11-5-3-9(4-6-11)12(16)17/h3-7H,2,8H2,1H3,(H,16,17). The normalized spacial score (nSPS) is 10.5. The fraction of sp³-hybridized carbons (Fsp3) is 0.250. The molecule has 6 heteroatoms. The summed E-state index contributed by atoms with van der Waals surface area (Å²) >= 11 is 0. The zero-order valence-corrected chi connectivity index (χ0v) is 9.91. The summed E-state index contributed by atoms with van der Waals surface area (Å²) in [7, 11) is 0. The Hall–Kier alpha value is -2.21. The highest BCUT2D eigenvalue weighted by molar-refractivity contribution is 5.87. The van der Waals surface area contributed by atoms with Crippen LogP contribution in [-0.2, 0) is 11.3 Å². The molecule has 6 nitrogen and oxygen atoms in total. The molecule has 0 aliphatic carbocycles. The first-order valence-electron chi connectivity index (χ1n) is 5.53. The van der Waals surface area contributed by atoms with Crippen molar-refractivity contribution in [2.45, 2.75) is 13.5 Å². The first-order chi connectivity index (χ1) is 8.70. The van der Waals surface area contributed by atoms with Crippen LogP contribution in [-0.4, -0.2) is 32.7 Å². The second-order valence-electron chi connectivity index (χ2n) is 3.64. The van der Waals surface area contributed by atoms with Crippen LogP contribution >= 0.6 is 0 Å². The Kier molecular flexibility index (Phi) is 3.69. The van der Waals surface area contributed by atoms with Gasteiger partial charge in [0.25, 0.3) is 0 Å². The summed E-state index contributed by atoms with van der Waals surface area (Å²) in [5.74, 6) is -0.947. The minimum Gasteiger partial charge on any atom is -0.478 e. The number of carboxylic acid groups (broad SMARTS) is 1. The van der Waals surface area contributed by atoms with Crippen molar-refractivity contribution in [1.29, 1.82) is 0 Å². The van der Waals surface area contributed by atoms with Crippen molar-refractivity contribution < 1.29 is 14.6 Å². The molecule has 1 N–H and O–H groups in total. The molecule has 2 rings (SSSR count). The van der Waals surface area contributed by atoms with Gasteiger partial charge < -0.3 is 9.84 Å². The van der Waals surface area contributed by atoms with Crippen LogP contribution in [0.15, 0.2) is 30.5 Å². The van der Waals surface area contributed by atoms with Gasteiger partial charge in [0, 0.05) is 6.61 Å². The van der Waals surface area contributed by atoms with Gasteiger partial charge in [-0.25, -0.2) is 9.48 Å². The molecule has 0 radical (unpaired) electrons. The van der Waals surface area contributed by atoms with Crippen molar-refractivity contribution >= 4 is 5.97 Å². The molecule has 0 aliphatic heterocycles. The zero-order chi connectivity index (χ0) is 13.0. The van der Waals surface area contributed by atoms with E-state index in [1.54, 1.807) is 23.0 Å². The summed E-state index contributed by atoms with van der Waals surface area (Å²) in [5.41, 5.74) is 1.74. The van der Waals surface area contributed by atoms with Crippen LogP contribution in [0.1, 0.15) is 23.0 Å². The highest BCUT2D eigenvalue weighted by atomic mass is 16.5. The second kappa shape index (κ2) is 5.42. The van der Waals surface area contributed by atoms with Gasteiger partial charge in [-0.05, 0) is 31.2 Å². The lowest BCUT2D eigenvalue weighted by atomic mass is 10.2. The van der Waals surface area contributed by atoms with E-state index in [1.165, 1.54) is 12.1 Å². The molecule has 0 saturated heterocycles. The predicted octanol–water partition coefficient (Wildman–Crippen LogP) is 1.50. The van der Waals surface area contributed by atoms with E-state index in [4.69, 9.17) is 9.84 Å². The first-order valence-corrected chi connectivity index (χ1v) is 5.53. The molecule has 0 bridgehead atoms. The minimum atomic E-state index is -0.947. The number of aromatic carboxylic acids is 1. The minimum absolute atomic E-state index is 0.244. The lowest BCUT2D eigenvalue weighted by molar-refractivity contribution is 0.0697. The quantitative estimate of drug-likeness (QED) is 0.866. The zero-order valence-electron chi connectivity index (χ0n) is 9.91. The Morgan fingerprint density at radius 1 is 1.39 bits per heavy atom. The van der Waals surface area contributed by atoms with E-state index in [9.17, 15) is 4.79 Å². The van der Waals surface area contributed by atoms with E-state index in [0.29, 0.717) is 13.2 Å².